The Morgan fingerprint density at radius 3 is 2.44 bits per heavy atom. The molecule has 0 bridgehead atoms. The van der Waals surface area contributed by atoms with Gasteiger partial charge in [-0.05, 0) is 92.0 Å². The van der Waals surface area contributed by atoms with Crippen molar-refractivity contribution in [3.63, 3.8) is 0 Å². The summed E-state index contributed by atoms with van der Waals surface area (Å²) in [6.07, 6.45) is 4.20. The molecule has 2 aliphatic rings. The average Bonchev–Trinajstić information content (AvgIpc) is 3.36. The van der Waals surface area contributed by atoms with Crippen molar-refractivity contribution in [2.24, 2.45) is 5.16 Å². The number of hydrogen-bond donors (Lipinski definition) is 3. The van der Waals surface area contributed by atoms with Gasteiger partial charge in [0.1, 0.15) is 47.4 Å². The summed E-state index contributed by atoms with van der Waals surface area (Å²) in [4.78, 5) is 18.0. The molecule has 3 aromatic carbocycles. The van der Waals surface area contributed by atoms with Gasteiger partial charge in [-0.3, -0.25) is 4.79 Å². The molecule has 2 aliphatic heterocycles. The smallest absolute Gasteiger partial charge is 0.150 e. The van der Waals surface area contributed by atoms with E-state index in [0.29, 0.717) is 22.6 Å². The molecular formula is C29H30N2O5. The quantitative estimate of drug-likeness (QED) is 0.424. The van der Waals surface area contributed by atoms with Crippen molar-refractivity contribution in [2.75, 3.05) is 13.2 Å². The summed E-state index contributed by atoms with van der Waals surface area (Å²) in [6, 6.07) is 19.4. The van der Waals surface area contributed by atoms with Crippen molar-refractivity contribution in [1.82, 2.24) is 5.32 Å². The molecule has 0 spiro atoms. The second-order valence-electron chi connectivity index (χ2n) is 9.46. The number of rotatable bonds is 7. The molecular weight excluding hydrogens is 456 g/mol. The Morgan fingerprint density at radius 2 is 1.78 bits per heavy atom. The third-order valence-corrected chi connectivity index (χ3v) is 7.19. The highest BCUT2D eigenvalue weighted by molar-refractivity contribution is 6.12. The Kier molecular flexibility index (Phi) is 6.65. The maximum atomic E-state index is 12.3. The van der Waals surface area contributed by atoms with Crippen molar-refractivity contribution in [1.29, 1.82) is 0 Å². The number of phenols is 2. The van der Waals surface area contributed by atoms with Gasteiger partial charge < -0.3 is 25.1 Å². The summed E-state index contributed by atoms with van der Waals surface area (Å²) in [6.45, 7) is 3.22. The molecule has 3 atom stereocenters. The van der Waals surface area contributed by atoms with Gasteiger partial charge in [0.2, 0.25) is 0 Å². The van der Waals surface area contributed by atoms with Crippen LogP contribution in [0.2, 0.25) is 0 Å². The van der Waals surface area contributed by atoms with Crippen LogP contribution in [-0.2, 0) is 10.3 Å². The van der Waals surface area contributed by atoms with Gasteiger partial charge in [0.05, 0.1) is 0 Å². The van der Waals surface area contributed by atoms with Gasteiger partial charge in [0.25, 0.3) is 0 Å². The number of oxime groups is 1. The van der Waals surface area contributed by atoms with Gasteiger partial charge in [-0.1, -0.05) is 23.7 Å². The van der Waals surface area contributed by atoms with Crippen molar-refractivity contribution in [3.05, 3.63) is 89.0 Å². The predicted molar refractivity (Wildman–Crippen MR) is 137 cm³/mol. The summed E-state index contributed by atoms with van der Waals surface area (Å²) in [5, 5.41) is 27.7. The van der Waals surface area contributed by atoms with Crippen LogP contribution >= 0.6 is 0 Å². The van der Waals surface area contributed by atoms with Crippen LogP contribution in [-0.4, -0.2) is 47.5 Å². The number of nitrogens with zero attached hydrogens (tertiary/aromatic N) is 1. The van der Waals surface area contributed by atoms with Crippen LogP contribution < -0.4 is 10.1 Å². The van der Waals surface area contributed by atoms with E-state index in [0.717, 1.165) is 30.4 Å². The fourth-order valence-electron chi connectivity index (χ4n) is 5.24. The van der Waals surface area contributed by atoms with E-state index in [1.807, 2.05) is 24.3 Å². The maximum Gasteiger partial charge on any atom is 0.150 e. The van der Waals surface area contributed by atoms with Gasteiger partial charge in [0, 0.05) is 17.2 Å². The lowest BCUT2D eigenvalue weighted by Crippen LogP contribution is -2.44. The zero-order chi connectivity index (χ0) is 25.1. The molecule has 7 heteroatoms. The van der Waals surface area contributed by atoms with Crippen molar-refractivity contribution in [3.8, 4) is 17.2 Å². The first kappa shape index (κ1) is 23.9. The fourth-order valence-corrected chi connectivity index (χ4v) is 5.24. The Balaban J connectivity index is 1.62. The van der Waals surface area contributed by atoms with Crippen molar-refractivity contribution < 1.29 is 24.6 Å². The zero-order valence-corrected chi connectivity index (χ0v) is 20.2. The zero-order valence-electron chi connectivity index (χ0n) is 20.2. The van der Waals surface area contributed by atoms with Crippen LogP contribution in [0.25, 0.3) is 0 Å². The van der Waals surface area contributed by atoms with Crippen molar-refractivity contribution in [2.45, 2.75) is 43.7 Å². The first-order chi connectivity index (χ1) is 17.5. The average molecular weight is 487 g/mol. The number of aromatic hydroxyl groups is 2. The van der Waals surface area contributed by atoms with E-state index in [1.165, 1.54) is 12.8 Å². The van der Waals surface area contributed by atoms with Gasteiger partial charge in [-0.15, -0.1) is 0 Å². The molecule has 0 radical (unpaired) electrons. The fraction of sp³-hybridized carbons (Fsp3) is 0.310. The van der Waals surface area contributed by atoms with E-state index in [-0.39, 0.29) is 30.3 Å². The first-order valence-electron chi connectivity index (χ1n) is 12.3. The molecule has 0 amide bonds. The predicted octanol–water partition coefficient (Wildman–Crippen LogP) is 4.54. The van der Waals surface area contributed by atoms with Crippen LogP contribution in [0.1, 0.15) is 53.2 Å². The SMILES string of the molecule is CC(Oc1ccc(C=O)c(C2(c3ccc(O)cc3)CON=C2c2ccc(O)cc2)c1)C1CCCCN1. The number of benzene rings is 3. The summed E-state index contributed by atoms with van der Waals surface area (Å²) < 4.78 is 6.38. The summed E-state index contributed by atoms with van der Waals surface area (Å²) in [5.41, 5.74) is 2.43. The lowest BCUT2D eigenvalue weighted by Gasteiger charge is -2.32. The normalized spacial score (nSPS) is 22.4. The summed E-state index contributed by atoms with van der Waals surface area (Å²) >= 11 is 0. The molecule has 0 saturated carbocycles. The topological polar surface area (TPSA) is 100 Å². The molecule has 5 rings (SSSR count). The number of aldehydes is 1. The minimum absolute atomic E-state index is 0.0464. The van der Waals surface area contributed by atoms with Crippen LogP contribution in [0, 0.1) is 0 Å². The number of carbonyl (C=O) groups is 1. The van der Waals surface area contributed by atoms with Gasteiger partial charge in [-0.25, -0.2) is 0 Å². The van der Waals surface area contributed by atoms with Gasteiger partial charge in [-0.2, -0.15) is 0 Å². The third-order valence-electron chi connectivity index (χ3n) is 7.19. The molecule has 186 valence electrons. The molecule has 0 aliphatic carbocycles. The Labute approximate surface area is 210 Å². The van der Waals surface area contributed by atoms with Gasteiger partial charge in [0.15, 0.2) is 0 Å². The minimum atomic E-state index is -0.938. The molecule has 3 unspecified atom stereocenters. The number of piperidine rings is 1. The first-order valence-corrected chi connectivity index (χ1v) is 12.3. The van der Waals surface area contributed by atoms with Crippen LogP contribution in [0.15, 0.2) is 71.9 Å². The highest BCUT2D eigenvalue weighted by atomic mass is 16.6. The lowest BCUT2D eigenvalue weighted by molar-refractivity contribution is 0.112. The minimum Gasteiger partial charge on any atom is -0.508 e. The highest BCUT2D eigenvalue weighted by Gasteiger charge is 2.47. The molecule has 1 saturated heterocycles. The van der Waals surface area contributed by atoms with Crippen molar-refractivity contribution >= 4 is 12.0 Å². The number of phenolic OH excluding ortho intramolecular Hbond substituents is 2. The molecule has 1 fully saturated rings. The number of ether oxygens (including phenoxy) is 1. The van der Waals surface area contributed by atoms with E-state index in [2.05, 4.69) is 17.4 Å². The van der Waals surface area contributed by atoms with E-state index >= 15 is 0 Å². The standard InChI is InChI=1S/C29H30N2O5/c1-19(27-4-2-3-15-30-27)36-25-14-7-21(17-32)26(16-25)29(22-8-12-24(34)13-9-22)18-35-31-28(29)20-5-10-23(33)11-6-20/h5-14,16-17,19,27,30,33-34H,2-4,15,18H2,1H3. The second kappa shape index (κ2) is 10.0. The van der Waals surface area contributed by atoms with Crippen LogP contribution in [0.3, 0.4) is 0 Å². The largest absolute Gasteiger partial charge is 0.508 e. The molecule has 7 nitrogen and oxygen atoms in total. The summed E-state index contributed by atoms with van der Waals surface area (Å²) in [7, 11) is 0. The van der Waals surface area contributed by atoms with Crippen LogP contribution in [0.5, 0.6) is 17.2 Å². The molecule has 3 N–H and O–H groups in total. The number of hydrogen-bond acceptors (Lipinski definition) is 7. The third kappa shape index (κ3) is 4.42. The summed E-state index contributed by atoms with van der Waals surface area (Å²) in [5.74, 6) is 0.936. The van der Waals surface area contributed by atoms with E-state index in [9.17, 15) is 15.0 Å². The highest BCUT2D eigenvalue weighted by Crippen LogP contribution is 2.43. The maximum absolute atomic E-state index is 12.3. The Morgan fingerprint density at radius 1 is 1.06 bits per heavy atom. The monoisotopic (exact) mass is 486 g/mol. The molecule has 0 aromatic heterocycles. The molecule has 36 heavy (non-hydrogen) atoms. The Hall–Kier alpha value is -3.84. The van der Waals surface area contributed by atoms with E-state index < -0.39 is 5.41 Å². The molecule has 2 heterocycles. The van der Waals surface area contributed by atoms with E-state index in [4.69, 9.17) is 9.57 Å². The van der Waals surface area contributed by atoms with E-state index in [1.54, 1.807) is 42.5 Å². The van der Waals surface area contributed by atoms with Gasteiger partial charge >= 0.3 is 0 Å². The Bertz CT molecular complexity index is 1250. The molecule has 3 aromatic rings. The second-order valence-corrected chi connectivity index (χ2v) is 9.46. The lowest BCUT2D eigenvalue weighted by atomic mass is 9.68. The number of nitrogens with one attached hydrogen (secondary N) is 1. The number of carbonyl (C=O) groups excluding carboxylic acids is 1. The van der Waals surface area contributed by atoms with Crippen LogP contribution in [0.4, 0.5) is 0 Å².